The average Bonchev–Trinajstić information content (AvgIpc) is 3.12. The first-order valence-electron chi connectivity index (χ1n) is 10.8. The Morgan fingerprint density at radius 1 is 1.10 bits per heavy atom. The highest BCUT2D eigenvalue weighted by Gasteiger charge is 2.39. The number of unbranched alkanes of at least 4 members (excludes halogenated alkanes) is 2. The number of nitrogens with zero attached hydrogens (tertiary/aromatic N) is 1. The van der Waals surface area contributed by atoms with Gasteiger partial charge in [-0.1, -0.05) is 56.2 Å². The maximum atomic E-state index is 12.4. The summed E-state index contributed by atoms with van der Waals surface area (Å²) in [5.74, 6) is -0.305. The lowest BCUT2D eigenvalue weighted by atomic mass is 9.85. The number of hydrogen-bond donors (Lipinski definition) is 1. The molecule has 2 aromatic carbocycles. The standard InChI is InChI=1S/C26H30N2O2/c1-5-6-7-10-19-13-15-20(16-14-19)26(3)24-17-21(25(29)30-4)18(2)28(24)23-12-9-8-11-22(23)27-26/h8-9,11-17,27H,5-7,10H2,1-4H3. The minimum absolute atomic E-state index is 0.305. The molecule has 1 unspecified atom stereocenters. The van der Waals surface area contributed by atoms with Crippen molar-refractivity contribution in [3.8, 4) is 5.69 Å². The molecule has 1 atom stereocenters. The van der Waals surface area contributed by atoms with E-state index < -0.39 is 5.54 Å². The maximum absolute atomic E-state index is 12.4. The van der Waals surface area contributed by atoms with Gasteiger partial charge in [0.25, 0.3) is 0 Å². The second kappa shape index (κ2) is 8.02. The van der Waals surface area contributed by atoms with E-state index in [1.165, 1.54) is 37.5 Å². The normalized spacial score (nSPS) is 17.1. The summed E-state index contributed by atoms with van der Waals surface area (Å²) in [5.41, 5.74) is 6.72. The van der Waals surface area contributed by atoms with Crippen molar-refractivity contribution in [3.63, 3.8) is 0 Å². The molecule has 30 heavy (non-hydrogen) atoms. The van der Waals surface area contributed by atoms with Crippen LogP contribution in [-0.2, 0) is 16.7 Å². The number of esters is 1. The van der Waals surface area contributed by atoms with E-state index in [0.717, 1.165) is 29.2 Å². The van der Waals surface area contributed by atoms with Crippen LogP contribution in [0.15, 0.2) is 54.6 Å². The van der Waals surface area contributed by atoms with Crippen LogP contribution in [0.2, 0.25) is 0 Å². The third-order valence-corrected chi connectivity index (χ3v) is 6.29. The summed E-state index contributed by atoms with van der Waals surface area (Å²) in [5, 5.41) is 3.74. The van der Waals surface area contributed by atoms with Gasteiger partial charge in [0.05, 0.1) is 29.7 Å². The van der Waals surface area contributed by atoms with Crippen molar-refractivity contribution >= 4 is 11.7 Å². The zero-order valence-corrected chi connectivity index (χ0v) is 18.3. The molecular weight excluding hydrogens is 372 g/mol. The Bertz CT molecular complexity index is 1070. The number of carbonyl (C=O) groups excluding carboxylic acids is 1. The monoisotopic (exact) mass is 402 g/mol. The molecule has 0 bridgehead atoms. The number of methoxy groups -OCH3 is 1. The second-order valence-corrected chi connectivity index (χ2v) is 8.28. The van der Waals surface area contributed by atoms with E-state index in [0.29, 0.717) is 5.56 Å². The summed E-state index contributed by atoms with van der Waals surface area (Å²) in [6, 6.07) is 19.1. The van der Waals surface area contributed by atoms with Crippen molar-refractivity contribution in [1.82, 2.24) is 4.57 Å². The van der Waals surface area contributed by atoms with Crippen LogP contribution in [0, 0.1) is 6.92 Å². The smallest absolute Gasteiger partial charge is 0.339 e. The number of fused-ring (bicyclic) bond motifs is 3. The maximum Gasteiger partial charge on any atom is 0.339 e. The zero-order valence-electron chi connectivity index (χ0n) is 18.3. The van der Waals surface area contributed by atoms with Gasteiger partial charge in [-0.2, -0.15) is 0 Å². The average molecular weight is 403 g/mol. The van der Waals surface area contributed by atoms with Crippen LogP contribution < -0.4 is 5.32 Å². The lowest BCUT2D eigenvalue weighted by Crippen LogP contribution is -2.39. The SMILES string of the molecule is CCCCCc1ccc(C2(C)Nc3ccccc3-n3c2cc(C(=O)OC)c3C)cc1. The fourth-order valence-corrected chi connectivity index (χ4v) is 4.51. The molecule has 0 saturated carbocycles. The first-order chi connectivity index (χ1) is 14.5. The predicted molar refractivity (Wildman–Crippen MR) is 122 cm³/mol. The first kappa shape index (κ1) is 20.3. The lowest BCUT2D eigenvalue weighted by Gasteiger charge is -2.39. The van der Waals surface area contributed by atoms with Gasteiger partial charge < -0.3 is 14.6 Å². The number of para-hydroxylation sites is 2. The molecule has 0 fully saturated rings. The van der Waals surface area contributed by atoms with E-state index in [2.05, 4.69) is 60.1 Å². The number of aryl methyl sites for hydroxylation is 1. The van der Waals surface area contributed by atoms with Crippen LogP contribution in [0.4, 0.5) is 5.69 Å². The highest BCUT2D eigenvalue weighted by Crippen LogP contribution is 2.43. The number of benzene rings is 2. The van der Waals surface area contributed by atoms with Gasteiger partial charge in [-0.05, 0) is 56.0 Å². The Hall–Kier alpha value is -3.01. The fourth-order valence-electron chi connectivity index (χ4n) is 4.51. The molecule has 4 heteroatoms. The van der Waals surface area contributed by atoms with E-state index in [1.54, 1.807) is 0 Å². The summed E-state index contributed by atoms with van der Waals surface area (Å²) in [7, 11) is 1.43. The van der Waals surface area contributed by atoms with Crippen LogP contribution in [0.1, 0.15) is 66.0 Å². The van der Waals surface area contributed by atoms with E-state index in [1.807, 2.05) is 25.1 Å². The highest BCUT2D eigenvalue weighted by molar-refractivity contribution is 5.92. The number of rotatable bonds is 6. The molecule has 4 nitrogen and oxygen atoms in total. The Labute approximate surface area is 178 Å². The van der Waals surface area contributed by atoms with E-state index in [9.17, 15) is 4.79 Å². The topological polar surface area (TPSA) is 43.3 Å². The van der Waals surface area contributed by atoms with E-state index >= 15 is 0 Å². The van der Waals surface area contributed by atoms with Crippen molar-refractivity contribution < 1.29 is 9.53 Å². The van der Waals surface area contributed by atoms with Crippen molar-refractivity contribution in [2.75, 3.05) is 12.4 Å². The minimum Gasteiger partial charge on any atom is -0.465 e. The van der Waals surface area contributed by atoms with E-state index in [4.69, 9.17) is 4.74 Å². The molecule has 1 aliphatic rings. The summed E-state index contributed by atoms with van der Waals surface area (Å²) >= 11 is 0. The van der Waals surface area contributed by atoms with Crippen molar-refractivity contribution in [2.45, 2.75) is 52.0 Å². The Morgan fingerprint density at radius 2 is 1.83 bits per heavy atom. The largest absolute Gasteiger partial charge is 0.465 e. The fraction of sp³-hybridized carbons (Fsp3) is 0.346. The molecule has 4 rings (SSSR count). The lowest BCUT2D eigenvalue weighted by molar-refractivity contribution is 0.0600. The van der Waals surface area contributed by atoms with Gasteiger partial charge >= 0.3 is 5.97 Å². The Kier molecular flexibility index (Phi) is 5.42. The number of ether oxygens (including phenoxy) is 1. The molecule has 156 valence electrons. The van der Waals surface area contributed by atoms with Crippen molar-refractivity contribution in [3.05, 3.63) is 82.7 Å². The quantitative estimate of drug-likeness (QED) is 0.406. The van der Waals surface area contributed by atoms with Crippen molar-refractivity contribution in [2.24, 2.45) is 0 Å². The summed E-state index contributed by atoms with van der Waals surface area (Å²) in [6.07, 6.45) is 4.84. The van der Waals surface area contributed by atoms with Gasteiger partial charge in [0.15, 0.2) is 0 Å². The third-order valence-electron chi connectivity index (χ3n) is 6.29. The van der Waals surface area contributed by atoms with Crippen molar-refractivity contribution in [1.29, 1.82) is 0 Å². The molecule has 1 aliphatic heterocycles. The molecule has 0 aliphatic carbocycles. The summed E-state index contributed by atoms with van der Waals surface area (Å²) in [4.78, 5) is 12.4. The number of hydrogen-bond acceptors (Lipinski definition) is 3. The van der Waals surface area contributed by atoms with Gasteiger partial charge in [0.1, 0.15) is 5.54 Å². The highest BCUT2D eigenvalue weighted by atomic mass is 16.5. The van der Waals surface area contributed by atoms with Crippen LogP contribution >= 0.6 is 0 Å². The molecule has 3 aromatic rings. The predicted octanol–water partition coefficient (Wildman–Crippen LogP) is 5.99. The van der Waals surface area contributed by atoms with Crippen LogP contribution in [0.5, 0.6) is 0 Å². The molecule has 1 aromatic heterocycles. The molecule has 0 radical (unpaired) electrons. The number of aromatic nitrogens is 1. The number of nitrogens with one attached hydrogen (secondary N) is 1. The summed E-state index contributed by atoms with van der Waals surface area (Å²) < 4.78 is 7.23. The third kappa shape index (κ3) is 3.30. The summed E-state index contributed by atoms with van der Waals surface area (Å²) in [6.45, 7) is 6.40. The Balaban J connectivity index is 1.81. The Morgan fingerprint density at radius 3 is 2.53 bits per heavy atom. The molecule has 0 saturated heterocycles. The van der Waals surface area contributed by atoms with Crippen LogP contribution in [0.25, 0.3) is 5.69 Å². The molecule has 0 amide bonds. The number of carbonyl (C=O) groups is 1. The van der Waals surface area contributed by atoms with Gasteiger partial charge in [-0.25, -0.2) is 4.79 Å². The van der Waals surface area contributed by atoms with Gasteiger partial charge in [-0.3, -0.25) is 0 Å². The minimum atomic E-state index is -0.465. The molecular formula is C26H30N2O2. The van der Waals surface area contributed by atoms with Gasteiger partial charge in [0, 0.05) is 5.69 Å². The van der Waals surface area contributed by atoms with Gasteiger partial charge in [0.2, 0.25) is 0 Å². The molecule has 2 heterocycles. The van der Waals surface area contributed by atoms with Gasteiger partial charge in [-0.15, -0.1) is 0 Å². The molecule has 0 spiro atoms. The van der Waals surface area contributed by atoms with E-state index in [-0.39, 0.29) is 5.97 Å². The number of anilines is 1. The van der Waals surface area contributed by atoms with Crippen LogP contribution in [0.3, 0.4) is 0 Å². The first-order valence-corrected chi connectivity index (χ1v) is 10.8. The second-order valence-electron chi connectivity index (χ2n) is 8.28. The van der Waals surface area contributed by atoms with Crippen LogP contribution in [-0.4, -0.2) is 17.6 Å². The zero-order chi connectivity index (χ0) is 21.3. The molecule has 1 N–H and O–H groups in total.